The zero-order valence-corrected chi connectivity index (χ0v) is 13.8. The molecular formula is C16H14N10. The minimum Gasteiger partial charge on any atom is -0.399 e. The van der Waals surface area contributed by atoms with Gasteiger partial charge in [-0.2, -0.15) is 15.3 Å². The minimum atomic E-state index is 0.0812. The molecule has 0 unspecified atom stereocenters. The minimum absolute atomic E-state index is 0.0812. The number of nitrogens with two attached hydrogens (primary N) is 2. The third-order valence-corrected chi connectivity index (χ3v) is 3.99. The first-order valence-electron chi connectivity index (χ1n) is 7.72. The Morgan fingerprint density at radius 1 is 1.23 bits per heavy atom. The van der Waals surface area contributed by atoms with Crippen LogP contribution in [0.4, 0.5) is 11.6 Å². The Balaban J connectivity index is 1.80. The van der Waals surface area contributed by atoms with Crippen molar-refractivity contribution in [1.82, 2.24) is 35.2 Å². The van der Waals surface area contributed by atoms with Crippen LogP contribution in [-0.4, -0.2) is 35.2 Å². The van der Waals surface area contributed by atoms with Gasteiger partial charge < -0.3 is 11.5 Å². The van der Waals surface area contributed by atoms with E-state index in [9.17, 15) is 0 Å². The van der Waals surface area contributed by atoms with Crippen molar-refractivity contribution in [2.24, 2.45) is 0 Å². The standard InChI is InChI=1S/C16H14N10/c1-8-4-9(2-3-11(8)18)7-26-15-14(24-25-26)13(20-16(19)21-15)12-5-10(6-17)22-23-12/h2-5H,7,18H2,1H3,(H,22,23)(H2,19,20,21). The SMILES string of the molecule is Cc1cc(Cn2nnc3c(-c4cc(C#N)n[nH]4)nc(N)nc32)ccc1N. The first-order chi connectivity index (χ1) is 12.5. The fourth-order valence-corrected chi connectivity index (χ4v) is 2.68. The number of nitrogen functional groups attached to an aromatic ring is 2. The number of benzene rings is 1. The number of aryl methyl sites for hydroxylation is 1. The van der Waals surface area contributed by atoms with Crippen LogP contribution in [-0.2, 0) is 6.54 Å². The Labute approximate surface area is 147 Å². The second kappa shape index (κ2) is 5.82. The van der Waals surface area contributed by atoms with Gasteiger partial charge >= 0.3 is 0 Å². The van der Waals surface area contributed by atoms with E-state index in [0.717, 1.165) is 16.8 Å². The molecule has 0 aliphatic heterocycles. The van der Waals surface area contributed by atoms with Crippen LogP contribution in [0.5, 0.6) is 0 Å². The lowest BCUT2D eigenvalue weighted by Gasteiger charge is -2.06. The molecule has 0 radical (unpaired) electrons. The summed E-state index contributed by atoms with van der Waals surface area (Å²) in [7, 11) is 0. The third-order valence-electron chi connectivity index (χ3n) is 3.99. The Morgan fingerprint density at radius 3 is 2.81 bits per heavy atom. The summed E-state index contributed by atoms with van der Waals surface area (Å²) >= 11 is 0. The van der Waals surface area contributed by atoms with Crippen molar-refractivity contribution >= 4 is 22.8 Å². The molecule has 4 rings (SSSR count). The van der Waals surface area contributed by atoms with Crippen molar-refractivity contribution in [3.05, 3.63) is 41.1 Å². The Morgan fingerprint density at radius 2 is 2.08 bits per heavy atom. The first-order valence-corrected chi connectivity index (χ1v) is 7.72. The smallest absolute Gasteiger partial charge is 0.222 e. The van der Waals surface area contributed by atoms with Crippen molar-refractivity contribution in [2.75, 3.05) is 11.5 Å². The van der Waals surface area contributed by atoms with Crippen molar-refractivity contribution < 1.29 is 0 Å². The van der Waals surface area contributed by atoms with Gasteiger partial charge in [0.25, 0.3) is 0 Å². The maximum absolute atomic E-state index is 8.94. The van der Waals surface area contributed by atoms with E-state index in [1.807, 2.05) is 31.2 Å². The topological polar surface area (TPSA) is 161 Å². The molecule has 4 aromatic rings. The highest BCUT2D eigenvalue weighted by atomic mass is 15.4. The summed E-state index contributed by atoms with van der Waals surface area (Å²) in [6.07, 6.45) is 0. The number of fused-ring (bicyclic) bond motifs is 1. The summed E-state index contributed by atoms with van der Waals surface area (Å²) in [4.78, 5) is 8.48. The van der Waals surface area contributed by atoms with E-state index in [2.05, 4.69) is 30.5 Å². The number of nitrogens with zero attached hydrogens (tertiary/aromatic N) is 7. The van der Waals surface area contributed by atoms with Crippen LogP contribution >= 0.6 is 0 Å². The number of nitrogens with one attached hydrogen (secondary N) is 1. The number of H-pyrrole nitrogens is 1. The normalized spacial score (nSPS) is 10.9. The second-order valence-corrected chi connectivity index (χ2v) is 5.82. The molecule has 5 N–H and O–H groups in total. The first kappa shape index (κ1) is 15.5. The fourth-order valence-electron chi connectivity index (χ4n) is 2.68. The van der Waals surface area contributed by atoms with E-state index in [0.29, 0.717) is 29.1 Å². The summed E-state index contributed by atoms with van der Waals surface area (Å²) in [6, 6.07) is 9.30. The molecule has 3 heterocycles. The van der Waals surface area contributed by atoms with Gasteiger partial charge in [0.05, 0.1) is 12.2 Å². The molecule has 0 atom stereocenters. The van der Waals surface area contributed by atoms with Gasteiger partial charge in [0.15, 0.2) is 16.9 Å². The molecule has 0 amide bonds. The van der Waals surface area contributed by atoms with Gasteiger partial charge in [-0.05, 0) is 24.1 Å². The summed E-state index contributed by atoms with van der Waals surface area (Å²) in [5.74, 6) is 0.0812. The van der Waals surface area contributed by atoms with Crippen LogP contribution in [0.15, 0.2) is 24.3 Å². The molecule has 10 heteroatoms. The van der Waals surface area contributed by atoms with Crippen molar-refractivity contribution in [1.29, 1.82) is 5.26 Å². The number of aromatic nitrogens is 7. The van der Waals surface area contributed by atoms with Gasteiger partial charge in [0.1, 0.15) is 11.8 Å². The maximum atomic E-state index is 8.94. The molecule has 0 fully saturated rings. The molecule has 1 aromatic carbocycles. The van der Waals surface area contributed by atoms with E-state index in [4.69, 9.17) is 16.7 Å². The Bertz CT molecular complexity index is 1160. The monoisotopic (exact) mass is 346 g/mol. The number of aromatic amines is 1. The third kappa shape index (κ3) is 2.57. The maximum Gasteiger partial charge on any atom is 0.222 e. The highest BCUT2D eigenvalue weighted by molar-refractivity contribution is 5.86. The molecule has 128 valence electrons. The van der Waals surface area contributed by atoms with Crippen molar-refractivity contribution in [3.63, 3.8) is 0 Å². The molecular weight excluding hydrogens is 332 g/mol. The second-order valence-electron chi connectivity index (χ2n) is 5.82. The van der Waals surface area contributed by atoms with E-state index in [1.165, 1.54) is 0 Å². The van der Waals surface area contributed by atoms with Crippen LogP contribution in [0.3, 0.4) is 0 Å². The van der Waals surface area contributed by atoms with Gasteiger partial charge in [-0.15, -0.1) is 5.10 Å². The summed E-state index contributed by atoms with van der Waals surface area (Å²) in [6.45, 7) is 2.40. The Hall–Kier alpha value is -4.00. The average molecular weight is 346 g/mol. The van der Waals surface area contributed by atoms with Crippen molar-refractivity contribution in [3.8, 4) is 17.5 Å². The fraction of sp³-hybridized carbons (Fsp3) is 0.125. The van der Waals surface area contributed by atoms with Gasteiger partial charge in [-0.3, -0.25) is 5.10 Å². The van der Waals surface area contributed by atoms with Crippen LogP contribution in [0.1, 0.15) is 16.8 Å². The van der Waals surface area contributed by atoms with Gasteiger partial charge in [-0.25, -0.2) is 9.67 Å². The predicted octanol–water partition coefficient (Wildman–Crippen LogP) is 1.00. The van der Waals surface area contributed by atoms with E-state index >= 15 is 0 Å². The van der Waals surface area contributed by atoms with E-state index in [-0.39, 0.29) is 11.6 Å². The molecule has 0 spiro atoms. The lowest BCUT2D eigenvalue weighted by molar-refractivity contribution is 0.664. The average Bonchev–Trinajstić information content (AvgIpc) is 3.25. The highest BCUT2D eigenvalue weighted by Gasteiger charge is 2.17. The zero-order valence-electron chi connectivity index (χ0n) is 13.8. The largest absolute Gasteiger partial charge is 0.399 e. The van der Waals surface area contributed by atoms with E-state index in [1.54, 1.807) is 10.7 Å². The van der Waals surface area contributed by atoms with Crippen LogP contribution < -0.4 is 11.5 Å². The highest BCUT2D eigenvalue weighted by Crippen LogP contribution is 2.24. The molecule has 0 saturated carbocycles. The lowest BCUT2D eigenvalue weighted by atomic mass is 10.1. The molecule has 0 bridgehead atoms. The predicted molar refractivity (Wildman–Crippen MR) is 94.5 cm³/mol. The number of rotatable bonds is 3. The quantitative estimate of drug-likeness (QED) is 0.463. The van der Waals surface area contributed by atoms with Crippen LogP contribution in [0.25, 0.3) is 22.6 Å². The van der Waals surface area contributed by atoms with Gasteiger partial charge in [0, 0.05) is 11.8 Å². The van der Waals surface area contributed by atoms with Crippen LogP contribution in [0, 0.1) is 18.3 Å². The molecule has 26 heavy (non-hydrogen) atoms. The molecule has 3 aromatic heterocycles. The molecule has 0 aliphatic rings. The van der Waals surface area contributed by atoms with Crippen molar-refractivity contribution in [2.45, 2.75) is 13.5 Å². The van der Waals surface area contributed by atoms with E-state index < -0.39 is 0 Å². The van der Waals surface area contributed by atoms with Gasteiger partial charge in [0.2, 0.25) is 5.95 Å². The number of anilines is 2. The summed E-state index contributed by atoms with van der Waals surface area (Å²) in [5.41, 5.74) is 16.6. The number of hydrogen-bond donors (Lipinski definition) is 3. The molecule has 0 saturated heterocycles. The Kier molecular flexibility index (Phi) is 3.47. The number of nitriles is 1. The lowest BCUT2D eigenvalue weighted by Crippen LogP contribution is -2.05. The van der Waals surface area contributed by atoms with Gasteiger partial charge in [-0.1, -0.05) is 17.3 Å². The van der Waals surface area contributed by atoms with Crippen LogP contribution in [0.2, 0.25) is 0 Å². The summed E-state index contributed by atoms with van der Waals surface area (Å²) < 4.78 is 1.64. The number of hydrogen-bond acceptors (Lipinski definition) is 8. The summed E-state index contributed by atoms with van der Waals surface area (Å²) in [5, 5.41) is 23.9. The molecule has 0 aliphatic carbocycles. The zero-order chi connectivity index (χ0) is 18.3. The molecule has 10 nitrogen and oxygen atoms in total.